The van der Waals surface area contributed by atoms with Crippen LogP contribution in [0.15, 0.2) is 46.9 Å². The Labute approximate surface area is 126 Å². The average molecular weight is 341 g/mol. The minimum absolute atomic E-state index is 0.597. The summed E-state index contributed by atoms with van der Waals surface area (Å²) in [6.45, 7) is 3.92. The quantitative estimate of drug-likeness (QED) is 0.826. The summed E-state index contributed by atoms with van der Waals surface area (Å²) >= 11 is 9.49. The molecule has 0 fully saturated rings. The van der Waals surface area contributed by atoms with Crippen LogP contribution in [0.25, 0.3) is 0 Å². The van der Waals surface area contributed by atoms with Gasteiger partial charge in [0.15, 0.2) is 0 Å². The highest BCUT2D eigenvalue weighted by atomic mass is 79.9. The van der Waals surface area contributed by atoms with Crippen LogP contribution in [0.1, 0.15) is 12.5 Å². The molecule has 0 bridgehead atoms. The third kappa shape index (κ3) is 4.23. The Bertz CT molecular complexity index is 542. The van der Waals surface area contributed by atoms with Gasteiger partial charge in [-0.3, -0.25) is 0 Å². The SMILES string of the molecule is CCNCc1ccc(Oc2cc(Br)ccc2Cl)cc1. The molecule has 0 spiro atoms. The van der Waals surface area contributed by atoms with Gasteiger partial charge in [0.2, 0.25) is 0 Å². The number of halogens is 2. The smallest absolute Gasteiger partial charge is 0.147 e. The summed E-state index contributed by atoms with van der Waals surface area (Å²) in [4.78, 5) is 0. The molecule has 0 heterocycles. The van der Waals surface area contributed by atoms with Crippen LogP contribution in [0.4, 0.5) is 0 Å². The standard InChI is InChI=1S/C15H15BrClNO/c1-2-18-10-11-3-6-13(7-4-11)19-15-9-12(16)5-8-14(15)17/h3-9,18H,2,10H2,1H3. The number of rotatable bonds is 5. The third-order valence-electron chi connectivity index (χ3n) is 2.62. The molecule has 0 radical (unpaired) electrons. The molecule has 0 unspecified atom stereocenters. The Morgan fingerprint density at radius 3 is 2.58 bits per heavy atom. The summed E-state index contributed by atoms with van der Waals surface area (Å²) in [6.07, 6.45) is 0. The second-order valence-electron chi connectivity index (χ2n) is 4.10. The lowest BCUT2D eigenvalue weighted by Gasteiger charge is -2.09. The predicted molar refractivity (Wildman–Crippen MR) is 83.0 cm³/mol. The number of hydrogen-bond acceptors (Lipinski definition) is 2. The van der Waals surface area contributed by atoms with Gasteiger partial charge in [-0.2, -0.15) is 0 Å². The van der Waals surface area contributed by atoms with Crippen molar-refractivity contribution in [2.45, 2.75) is 13.5 Å². The zero-order chi connectivity index (χ0) is 13.7. The molecule has 1 N–H and O–H groups in total. The fourth-order valence-corrected chi connectivity index (χ4v) is 2.12. The summed E-state index contributed by atoms with van der Waals surface area (Å²) in [5.74, 6) is 1.43. The molecule has 0 aliphatic heterocycles. The van der Waals surface area contributed by atoms with Crippen molar-refractivity contribution in [1.29, 1.82) is 0 Å². The van der Waals surface area contributed by atoms with E-state index in [1.54, 1.807) is 6.07 Å². The second-order valence-corrected chi connectivity index (χ2v) is 5.42. The molecule has 0 aliphatic rings. The van der Waals surface area contributed by atoms with Gasteiger partial charge >= 0.3 is 0 Å². The van der Waals surface area contributed by atoms with Crippen LogP contribution in [0.2, 0.25) is 5.02 Å². The highest BCUT2D eigenvalue weighted by molar-refractivity contribution is 9.10. The van der Waals surface area contributed by atoms with Gasteiger partial charge in [-0.1, -0.05) is 46.6 Å². The molecule has 0 aromatic heterocycles. The summed E-state index contributed by atoms with van der Waals surface area (Å²) in [5.41, 5.74) is 1.23. The maximum Gasteiger partial charge on any atom is 0.147 e. The first-order valence-corrected chi connectivity index (χ1v) is 7.28. The Balaban J connectivity index is 2.08. The van der Waals surface area contributed by atoms with Crippen molar-refractivity contribution in [3.05, 3.63) is 57.5 Å². The van der Waals surface area contributed by atoms with Crippen molar-refractivity contribution in [3.8, 4) is 11.5 Å². The van der Waals surface area contributed by atoms with E-state index in [0.717, 1.165) is 23.3 Å². The van der Waals surface area contributed by atoms with Gasteiger partial charge in [0.25, 0.3) is 0 Å². The van der Waals surface area contributed by atoms with E-state index in [1.165, 1.54) is 5.56 Å². The zero-order valence-electron chi connectivity index (χ0n) is 10.6. The lowest BCUT2D eigenvalue weighted by Crippen LogP contribution is -2.11. The Morgan fingerprint density at radius 2 is 1.89 bits per heavy atom. The van der Waals surface area contributed by atoms with Crippen LogP contribution in [0, 0.1) is 0 Å². The molecule has 2 aromatic carbocycles. The van der Waals surface area contributed by atoms with E-state index in [4.69, 9.17) is 16.3 Å². The monoisotopic (exact) mass is 339 g/mol. The van der Waals surface area contributed by atoms with E-state index in [9.17, 15) is 0 Å². The van der Waals surface area contributed by atoms with E-state index < -0.39 is 0 Å². The summed E-state index contributed by atoms with van der Waals surface area (Å²) in [5, 5.41) is 3.88. The van der Waals surface area contributed by atoms with E-state index in [2.05, 4.69) is 28.2 Å². The normalized spacial score (nSPS) is 10.5. The van der Waals surface area contributed by atoms with Crippen LogP contribution in [0.3, 0.4) is 0 Å². The molecule has 19 heavy (non-hydrogen) atoms. The molecule has 2 rings (SSSR count). The van der Waals surface area contributed by atoms with E-state index in [1.807, 2.05) is 36.4 Å². The van der Waals surface area contributed by atoms with Gasteiger partial charge in [0, 0.05) is 11.0 Å². The van der Waals surface area contributed by atoms with Gasteiger partial charge in [0.05, 0.1) is 5.02 Å². The van der Waals surface area contributed by atoms with Crippen molar-refractivity contribution < 1.29 is 4.74 Å². The molecule has 0 atom stereocenters. The first kappa shape index (κ1) is 14.4. The lowest BCUT2D eigenvalue weighted by atomic mass is 10.2. The zero-order valence-corrected chi connectivity index (χ0v) is 13.0. The Hall–Kier alpha value is -1.03. The number of hydrogen-bond donors (Lipinski definition) is 1. The van der Waals surface area contributed by atoms with Crippen LogP contribution in [-0.2, 0) is 6.54 Å². The maximum absolute atomic E-state index is 6.09. The molecule has 0 amide bonds. The van der Waals surface area contributed by atoms with Crippen LogP contribution in [0.5, 0.6) is 11.5 Å². The van der Waals surface area contributed by atoms with Crippen LogP contribution >= 0.6 is 27.5 Å². The molecule has 4 heteroatoms. The lowest BCUT2D eigenvalue weighted by molar-refractivity contribution is 0.482. The number of nitrogens with one attached hydrogen (secondary N) is 1. The van der Waals surface area contributed by atoms with Crippen LogP contribution in [-0.4, -0.2) is 6.54 Å². The van der Waals surface area contributed by atoms with Crippen LogP contribution < -0.4 is 10.1 Å². The first-order valence-electron chi connectivity index (χ1n) is 6.11. The predicted octanol–water partition coefficient (Wildman–Crippen LogP) is 5.00. The van der Waals surface area contributed by atoms with Gasteiger partial charge in [-0.25, -0.2) is 0 Å². The molecule has 0 aliphatic carbocycles. The fourth-order valence-electron chi connectivity index (χ4n) is 1.63. The largest absolute Gasteiger partial charge is 0.456 e. The highest BCUT2D eigenvalue weighted by Gasteiger charge is 2.04. The number of benzene rings is 2. The van der Waals surface area contributed by atoms with Gasteiger partial charge < -0.3 is 10.1 Å². The Morgan fingerprint density at radius 1 is 1.16 bits per heavy atom. The third-order valence-corrected chi connectivity index (χ3v) is 3.43. The fraction of sp³-hybridized carbons (Fsp3) is 0.200. The van der Waals surface area contributed by atoms with E-state index in [0.29, 0.717) is 10.8 Å². The molecule has 2 aromatic rings. The Kier molecular flexibility index (Phi) is 5.25. The van der Waals surface area contributed by atoms with E-state index in [-0.39, 0.29) is 0 Å². The molecule has 0 saturated carbocycles. The first-order chi connectivity index (χ1) is 9.19. The minimum Gasteiger partial charge on any atom is -0.456 e. The van der Waals surface area contributed by atoms with Crippen molar-refractivity contribution in [3.63, 3.8) is 0 Å². The van der Waals surface area contributed by atoms with Crippen molar-refractivity contribution >= 4 is 27.5 Å². The average Bonchev–Trinajstić information content (AvgIpc) is 2.42. The second kappa shape index (κ2) is 6.94. The summed E-state index contributed by atoms with van der Waals surface area (Å²) in [7, 11) is 0. The summed E-state index contributed by atoms with van der Waals surface area (Å²) in [6, 6.07) is 13.5. The highest BCUT2D eigenvalue weighted by Crippen LogP contribution is 2.31. The topological polar surface area (TPSA) is 21.3 Å². The van der Waals surface area contributed by atoms with E-state index >= 15 is 0 Å². The maximum atomic E-state index is 6.09. The van der Waals surface area contributed by atoms with Gasteiger partial charge in [0.1, 0.15) is 11.5 Å². The molecular formula is C15H15BrClNO. The minimum atomic E-state index is 0.597. The van der Waals surface area contributed by atoms with Gasteiger partial charge in [-0.05, 0) is 42.4 Å². The molecular weight excluding hydrogens is 326 g/mol. The number of ether oxygens (including phenoxy) is 1. The van der Waals surface area contributed by atoms with Crippen molar-refractivity contribution in [2.24, 2.45) is 0 Å². The van der Waals surface area contributed by atoms with Crippen molar-refractivity contribution in [1.82, 2.24) is 5.32 Å². The van der Waals surface area contributed by atoms with Crippen molar-refractivity contribution in [2.75, 3.05) is 6.54 Å². The molecule has 100 valence electrons. The van der Waals surface area contributed by atoms with Gasteiger partial charge in [-0.15, -0.1) is 0 Å². The molecule has 0 saturated heterocycles. The summed E-state index contributed by atoms with van der Waals surface area (Å²) < 4.78 is 6.71. The molecule has 2 nitrogen and oxygen atoms in total.